The molecule has 0 amide bonds. The van der Waals surface area contributed by atoms with E-state index in [4.69, 9.17) is 4.52 Å². The molecule has 1 fully saturated rings. The fourth-order valence-electron chi connectivity index (χ4n) is 2.32. The second-order valence-electron chi connectivity index (χ2n) is 4.63. The van der Waals surface area contributed by atoms with E-state index in [9.17, 15) is 9.90 Å². The molecule has 2 heterocycles. The van der Waals surface area contributed by atoms with Crippen LogP contribution in [0.5, 0.6) is 0 Å². The monoisotopic (exact) mass is 253 g/mol. The second kappa shape index (κ2) is 5.95. The summed E-state index contributed by atoms with van der Waals surface area (Å²) >= 11 is 0. The van der Waals surface area contributed by atoms with Crippen molar-refractivity contribution >= 4 is 5.97 Å². The molecule has 0 radical (unpaired) electrons. The van der Waals surface area contributed by atoms with Gasteiger partial charge < -0.3 is 9.63 Å². The highest BCUT2D eigenvalue weighted by Crippen LogP contribution is 2.18. The standard InChI is InChI=1S/C12H19N3O3/c1-2-11-13-10(14-18-11)8-15-7-5-3-4-6-9(15)12(16)17/h9H,2-8H2,1H3,(H,16,17). The Balaban J connectivity index is 2.05. The van der Waals surface area contributed by atoms with Crippen LogP contribution in [0.15, 0.2) is 4.52 Å². The number of hydrogen-bond acceptors (Lipinski definition) is 5. The average molecular weight is 253 g/mol. The van der Waals surface area contributed by atoms with Crippen LogP contribution < -0.4 is 0 Å². The summed E-state index contributed by atoms with van der Waals surface area (Å²) in [5.41, 5.74) is 0. The molecule has 6 heteroatoms. The van der Waals surface area contributed by atoms with Gasteiger partial charge in [0.1, 0.15) is 6.04 Å². The number of hydrogen-bond donors (Lipinski definition) is 1. The maximum Gasteiger partial charge on any atom is 0.320 e. The zero-order valence-corrected chi connectivity index (χ0v) is 10.6. The van der Waals surface area contributed by atoms with Crippen LogP contribution in [0.2, 0.25) is 0 Å². The van der Waals surface area contributed by atoms with Crippen LogP contribution in [0.1, 0.15) is 44.3 Å². The molecule has 1 aliphatic rings. The zero-order chi connectivity index (χ0) is 13.0. The van der Waals surface area contributed by atoms with Crippen molar-refractivity contribution in [2.75, 3.05) is 6.54 Å². The predicted molar refractivity (Wildman–Crippen MR) is 64.0 cm³/mol. The van der Waals surface area contributed by atoms with Crippen LogP contribution in [0.4, 0.5) is 0 Å². The quantitative estimate of drug-likeness (QED) is 0.875. The summed E-state index contributed by atoms with van der Waals surface area (Å²) in [6.07, 6.45) is 4.50. The molecule has 0 saturated carbocycles. The Hall–Kier alpha value is -1.43. The third-order valence-electron chi connectivity index (χ3n) is 3.31. The Kier molecular flexibility index (Phi) is 4.30. The van der Waals surface area contributed by atoms with Crippen molar-refractivity contribution < 1.29 is 14.4 Å². The Morgan fingerprint density at radius 3 is 3.00 bits per heavy atom. The number of carboxylic acid groups (broad SMARTS) is 1. The van der Waals surface area contributed by atoms with Gasteiger partial charge in [-0.15, -0.1) is 0 Å². The highest BCUT2D eigenvalue weighted by molar-refractivity contribution is 5.73. The molecule has 18 heavy (non-hydrogen) atoms. The van der Waals surface area contributed by atoms with Gasteiger partial charge in [0, 0.05) is 6.42 Å². The first-order valence-corrected chi connectivity index (χ1v) is 6.49. The molecular formula is C12H19N3O3. The lowest BCUT2D eigenvalue weighted by Gasteiger charge is -2.24. The van der Waals surface area contributed by atoms with E-state index in [0.717, 1.165) is 25.8 Å². The number of aromatic nitrogens is 2. The Morgan fingerprint density at radius 1 is 1.50 bits per heavy atom. The fraction of sp³-hybridized carbons (Fsp3) is 0.750. The van der Waals surface area contributed by atoms with Crippen molar-refractivity contribution in [2.45, 2.75) is 51.6 Å². The van der Waals surface area contributed by atoms with E-state index in [1.54, 1.807) is 0 Å². The van der Waals surface area contributed by atoms with E-state index in [2.05, 4.69) is 10.1 Å². The van der Waals surface area contributed by atoms with Gasteiger partial charge in [-0.05, 0) is 19.4 Å². The van der Waals surface area contributed by atoms with Crippen molar-refractivity contribution in [2.24, 2.45) is 0 Å². The van der Waals surface area contributed by atoms with Gasteiger partial charge in [-0.25, -0.2) is 0 Å². The lowest BCUT2D eigenvalue weighted by atomic mass is 10.1. The minimum atomic E-state index is -0.754. The number of rotatable bonds is 4. The lowest BCUT2D eigenvalue weighted by Crippen LogP contribution is -2.40. The molecule has 100 valence electrons. The zero-order valence-electron chi connectivity index (χ0n) is 10.6. The highest BCUT2D eigenvalue weighted by Gasteiger charge is 2.28. The van der Waals surface area contributed by atoms with Gasteiger partial charge in [0.15, 0.2) is 5.82 Å². The summed E-state index contributed by atoms with van der Waals surface area (Å²) in [6.45, 7) is 3.19. The topological polar surface area (TPSA) is 79.5 Å². The first-order valence-electron chi connectivity index (χ1n) is 6.49. The number of carboxylic acids is 1. The van der Waals surface area contributed by atoms with Crippen molar-refractivity contribution in [3.05, 3.63) is 11.7 Å². The van der Waals surface area contributed by atoms with Gasteiger partial charge in [0.2, 0.25) is 5.89 Å². The van der Waals surface area contributed by atoms with E-state index in [0.29, 0.717) is 31.1 Å². The van der Waals surface area contributed by atoms with Crippen molar-refractivity contribution in [3.8, 4) is 0 Å². The molecule has 0 aromatic carbocycles. The maximum atomic E-state index is 11.3. The van der Waals surface area contributed by atoms with E-state index in [1.165, 1.54) is 0 Å². The summed E-state index contributed by atoms with van der Waals surface area (Å²) in [5, 5.41) is 13.1. The van der Waals surface area contributed by atoms with Gasteiger partial charge in [-0.1, -0.05) is 24.9 Å². The van der Waals surface area contributed by atoms with E-state index in [-0.39, 0.29) is 0 Å². The molecule has 1 aliphatic heterocycles. The molecule has 6 nitrogen and oxygen atoms in total. The number of aliphatic carboxylic acids is 1. The molecule has 1 atom stereocenters. The summed E-state index contributed by atoms with van der Waals surface area (Å²) in [6, 6.07) is -0.420. The average Bonchev–Trinajstić information content (AvgIpc) is 2.66. The van der Waals surface area contributed by atoms with Crippen molar-refractivity contribution in [1.82, 2.24) is 15.0 Å². The van der Waals surface area contributed by atoms with Crippen molar-refractivity contribution in [3.63, 3.8) is 0 Å². The molecule has 1 aromatic rings. The van der Waals surface area contributed by atoms with Gasteiger partial charge in [-0.3, -0.25) is 9.69 Å². The van der Waals surface area contributed by atoms with Crippen molar-refractivity contribution in [1.29, 1.82) is 0 Å². The molecular weight excluding hydrogens is 234 g/mol. The van der Waals surface area contributed by atoms with Crippen LogP contribution in [0.25, 0.3) is 0 Å². The van der Waals surface area contributed by atoms with Crippen LogP contribution in [0, 0.1) is 0 Å². The lowest BCUT2D eigenvalue weighted by molar-refractivity contribution is -0.143. The minimum Gasteiger partial charge on any atom is -0.480 e. The van der Waals surface area contributed by atoms with Gasteiger partial charge in [-0.2, -0.15) is 4.98 Å². The smallest absolute Gasteiger partial charge is 0.320 e. The summed E-state index contributed by atoms with van der Waals surface area (Å²) in [7, 11) is 0. The fourth-order valence-corrected chi connectivity index (χ4v) is 2.32. The van der Waals surface area contributed by atoms with Crippen LogP contribution in [0.3, 0.4) is 0 Å². The molecule has 0 spiro atoms. The molecule has 1 aromatic heterocycles. The SMILES string of the molecule is CCc1nc(CN2CCCCCC2C(=O)O)no1. The number of aryl methyl sites for hydroxylation is 1. The van der Waals surface area contributed by atoms with E-state index in [1.807, 2.05) is 11.8 Å². The Bertz CT molecular complexity index is 405. The molecule has 0 bridgehead atoms. The van der Waals surface area contributed by atoms with E-state index < -0.39 is 12.0 Å². The summed E-state index contributed by atoms with van der Waals surface area (Å²) in [4.78, 5) is 17.4. The first kappa shape index (κ1) is 13.0. The molecule has 0 aliphatic carbocycles. The van der Waals surface area contributed by atoms with Gasteiger partial charge in [0.05, 0.1) is 6.54 Å². The molecule has 2 rings (SSSR count). The number of nitrogens with zero attached hydrogens (tertiary/aromatic N) is 3. The third-order valence-corrected chi connectivity index (χ3v) is 3.31. The van der Waals surface area contributed by atoms with Gasteiger partial charge in [0.25, 0.3) is 0 Å². The van der Waals surface area contributed by atoms with E-state index >= 15 is 0 Å². The van der Waals surface area contributed by atoms with Crippen LogP contribution >= 0.6 is 0 Å². The number of carbonyl (C=O) groups is 1. The highest BCUT2D eigenvalue weighted by atomic mass is 16.5. The molecule has 1 N–H and O–H groups in total. The first-order chi connectivity index (χ1) is 8.70. The largest absolute Gasteiger partial charge is 0.480 e. The minimum absolute atomic E-state index is 0.420. The summed E-state index contributed by atoms with van der Waals surface area (Å²) < 4.78 is 5.05. The summed E-state index contributed by atoms with van der Waals surface area (Å²) in [5.74, 6) is 0.433. The number of likely N-dealkylation sites (tertiary alicyclic amines) is 1. The Labute approximate surface area is 106 Å². The molecule has 1 unspecified atom stereocenters. The van der Waals surface area contributed by atoms with Crippen LogP contribution in [-0.4, -0.2) is 38.7 Å². The van der Waals surface area contributed by atoms with Crippen LogP contribution in [-0.2, 0) is 17.8 Å². The third kappa shape index (κ3) is 3.07. The molecule has 1 saturated heterocycles. The predicted octanol–water partition coefficient (Wildman–Crippen LogP) is 1.46. The maximum absolute atomic E-state index is 11.3. The normalized spacial score (nSPS) is 21.7. The second-order valence-corrected chi connectivity index (χ2v) is 4.63. The Morgan fingerprint density at radius 2 is 2.33 bits per heavy atom. The van der Waals surface area contributed by atoms with Gasteiger partial charge >= 0.3 is 5.97 Å².